The standard InChI is InChI=1S/C26H27ClF3N5O3/c27-19-13-17(6-7-20(19)28)33-25-18-14-22(34-24(36)5-4-10-35-8-2-1-3-9-35)23(15-21(18)31-16-32-25)37-11-12-38-26(29)30/h4-7,13-16,26H,1-3,8-12H2,(H,34,36)(H,31,32,33)/b5-4+. The predicted molar refractivity (Wildman–Crippen MR) is 140 cm³/mol. The molecule has 1 saturated heterocycles. The Balaban J connectivity index is 1.57. The molecule has 0 aliphatic carbocycles. The number of aromatic nitrogens is 2. The number of alkyl halides is 2. The molecule has 1 fully saturated rings. The highest BCUT2D eigenvalue weighted by atomic mass is 35.5. The molecule has 8 nitrogen and oxygen atoms in total. The molecule has 4 rings (SSSR count). The summed E-state index contributed by atoms with van der Waals surface area (Å²) >= 11 is 5.89. The average Bonchev–Trinajstić information content (AvgIpc) is 2.90. The van der Waals surface area contributed by atoms with Crippen molar-refractivity contribution >= 4 is 45.6 Å². The van der Waals surface area contributed by atoms with Crippen LogP contribution in [0.15, 0.2) is 48.8 Å². The van der Waals surface area contributed by atoms with E-state index in [-0.39, 0.29) is 35.6 Å². The molecule has 1 aromatic heterocycles. The molecule has 38 heavy (non-hydrogen) atoms. The summed E-state index contributed by atoms with van der Waals surface area (Å²) in [5, 5.41) is 6.33. The van der Waals surface area contributed by atoms with Crippen molar-refractivity contribution in [3.8, 4) is 5.75 Å². The Hall–Kier alpha value is -3.41. The van der Waals surface area contributed by atoms with Crippen molar-refractivity contribution in [1.29, 1.82) is 0 Å². The number of likely N-dealkylation sites (tertiary alicyclic amines) is 1. The van der Waals surface area contributed by atoms with Gasteiger partial charge in [0.25, 0.3) is 0 Å². The zero-order valence-corrected chi connectivity index (χ0v) is 21.2. The number of halogens is 4. The van der Waals surface area contributed by atoms with Crippen molar-refractivity contribution in [1.82, 2.24) is 14.9 Å². The molecule has 0 radical (unpaired) electrons. The lowest BCUT2D eigenvalue weighted by molar-refractivity contribution is -0.133. The van der Waals surface area contributed by atoms with Gasteiger partial charge in [-0.2, -0.15) is 8.78 Å². The lowest BCUT2D eigenvalue weighted by atomic mass is 10.1. The van der Waals surface area contributed by atoms with Crippen molar-refractivity contribution in [2.45, 2.75) is 25.9 Å². The fourth-order valence-electron chi connectivity index (χ4n) is 4.03. The van der Waals surface area contributed by atoms with E-state index in [1.807, 2.05) is 0 Å². The number of nitrogens with zero attached hydrogens (tertiary/aromatic N) is 3. The summed E-state index contributed by atoms with van der Waals surface area (Å²) < 4.78 is 48.2. The zero-order chi connectivity index (χ0) is 26.9. The smallest absolute Gasteiger partial charge is 0.345 e. The van der Waals surface area contributed by atoms with Crippen molar-refractivity contribution in [3.05, 3.63) is 59.7 Å². The molecule has 3 aromatic rings. The van der Waals surface area contributed by atoms with Crippen LogP contribution in [-0.2, 0) is 9.53 Å². The molecule has 1 aliphatic heterocycles. The summed E-state index contributed by atoms with van der Waals surface area (Å²) in [7, 11) is 0. The number of amides is 1. The second-order valence-corrected chi connectivity index (χ2v) is 8.98. The Bertz CT molecular complexity index is 1290. The molecule has 0 spiro atoms. The molecule has 202 valence electrons. The van der Waals surface area contributed by atoms with E-state index < -0.39 is 12.4 Å². The van der Waals surface area contributed by atoms with E-state index in [1.54, 1.807) is 18.2 Å². The Kier molecular flexibility index (Phi) is 9.74. The highest BCUT2D eigenvalue weighted by molar-refractivity contribution is 6.31. The molecule has 12 heteroatoms. The minimum atomic E-state index is -2.92. The van der Waals surface area contributed by atoms with Crippen LogP contribution in [0.4, 0.5) is 30.4 Å². The SMILES string of the molecule is O=C(/C=C/CN1CCCCC1)Nc1cc2c(Nc3ccc(F)c(Cl)c3)ncnc2cc1OCCOC(F)F. The Morgan fingerprint density at radius 3 is 2.71 bits per heavy atom. The first-order chi connectivity index (χ1) is 18.4. The van der Waals surface area contributed by atoms with Crippen LogP contribution < -0.4 is 15.4 Å². The molecule has 2 N–H and O–H groups in total. The molecular formula is C26H27ClF3N5O3. The first-order valence-corrected chi connectivity index (χ1v) is 12.5. The summed E-state index contributed by atoms with van der Waals surface area (Å²) in [6.45, 7) is -0.758. The lowest BCUT2D eigenvalue weighted by Gasteiger charge is -2.24. The van der Waals surface area contributed by atoms with E-state index in [2.05, 4.69) is 30.2 Å². The molecule has 0 unspecified atom stereocenters. The number of rotatable bonds is 11. The van der Waals surface area contributed by atoms with Gasteiger partial charge in [0.1, 0.15) is 30.3 Å². The Morgan fingerprint density at radius 2 is 1.95 bits per heavy atom. The van der Waals surface area contributed by atoms with Gasteiger partial charge in [-0.05, 0) is 50.2 Å². The number of carbonyl (C=O) groups excluding carboxylic acids is 1. The van der Waals surface area contributed by atoms with Gasteiger partial charge in [0.2, 0.25) is 5.91 Å². The third kappa shape index (κ3) is 7.80. The van der Waals surface area contributed by atoms with Gasteiger partial charge in [0, 0.05) is 29.8 Å². The fourth-order valence-corrected chi connectivity index (χ4v) is 4.21. The summed E-state index contributed by atoms with van der Waals surface area (Å²) in [5.74, 6) is -0.337. The number of ether oxygens (including phenoxy) is 2. The van der Waals surface area contributed by atoms with Crippen LogP contribution in [0.2, 0.25) is 5.02 Å². The van der Waals surface area contributed by atoms with Gasteiger partial charge in [-0.25, -0.2) is 14.4 Å². The average molecular weight is 550 g/mol. The molecule has 2 aromatic carbocycles. The van der Waals surface area contributed by atoms with E-state index in [1.165, 1.54) is 37.0 Å². The zero-order valence-electron chi connectivity index (χ0n) is 20.4. The van der Waals surface area contributed by atoms with Gasteiger partial charge in [-0.1, -0.05) is 24.1 Å². The molecule has 0 saturated carbocycles. The van der Waals surface area contributed by atoms with Gasteiger partial charge in [-0.3, -0.25) is 9.69 Å². The van der Waals surface area contributed by atoms with Crippen molar-refractivity contribution < 1.29 is 27.4 Å². The van der Waals surface area contributed by atoms with Crippen LogP contribution in [0.25, 0.3) is 10.9 Å². The maximum absolute atomic E-state index is 13.6. The van der Waals surface area contributed by atoms with Crippen LogP contribution in [0.3, 0.4) is 0 Å². The van der Waals surface area contributed by atoms with E-state index in [0.717, 1.165) is 25.9 Å². The topological polar surface area (TPSA) is 88.6 Å². The number of piperidine rings is 1. The van der Waals surface area contributed by atoms with E-state index in [4.69, 9.17) is 16.3 Å². The predicted octanol–water partition coefficient (Wildman–Crippen LogP) is 5.76. The van der Waals surface area contributed by atoms with Gasteiger partial charge < -0.3 is 20.1 Å². The molecular weight excluding hydrogens is 523 g/mol. The van der Waals surface area contributed by atoms with Crippen molar-refractivity contribution in [3.63, 3.8) is 0 Å². The quantitative estimate of drug-likeness (QED) is 0.232. The number of benzene rings is 2. The largest absolute Gasteiger partial charge is 0.489 e. The monoisotopic (exact) mass is 549 g/mol. The normalized spacial score (nSPS) is 14.3. The number of hydrogen-bond acceptors (Lipinski definition) is 7. The van der Waals surface area contributed by atoms with Crippen LogP contribution in [0.1, 0.15) is 19.3 Å². The van der Waals surface area contributed by atoms with E-state index in [9.17, 15) is 18.0 Å². The maximum Gasteiger partial charge on any atom is 0.345 e. The lowest BCUT2D eigenvalue weighted by Crippen LogP contribution is -2.29. The van der Waals surface area contributed by atoms with E-state index in [0.29, 0.717) is 29.0 Å². The molecule has 0 atom stereocenters. The van der Waals surface area contributed by atoms with Crippen molar-refractivity contribution in [2.75, 3.05) is 43.5 Å². The summed E-state index contributed by atoms with van der Waals surface area (Å²) in [6.07, 6.45) is 8.09. The van der Waals surface area contributed by atoms with Gasteiger partial charge in [0.05, 0.1) is 22.8 Å². The highest BCUT2D eigenvalue weighted by Gasteiger charge is 2.14. The van der Waals surface area contributed by atoms with Crippen molar-refractivity contribution in [2.24, 2.45) is 0 Å². The fraction of sp³-hybridized carbons (Fsp3) is 0.346. The van der Waals surface area contributed by atoms with Gasteiger partial charge in [-0.15, -0.1) is 0 Å². The molecule has 0 bridgehead atoms. The first-order valence-electron chi connectivity index (χ1n) is 12.1. The second kappa shape index (κ2) is 13.4. The van der Waals surface area contributed by atoms with Crippen LogP contribution in [0.5, 0.6) is 5.75 Å². The molecule has 1 aliphatic rings. The van der Waals surface area contributed by atoms with Gasteiger partial charge >= 0.3 is 6.61 Å². The third-order valence-electron chi connectivity index (χ3n) is 5.84. The minimum absolute atomic E-state index is 0.0562. The number of anilines is 3. The summed E-state index contributed by atoms with van der Waals surface area (Å²) in [4.78, 5) is 23.5. The first kappa shape index (κ1) is 27.6. The maximum atomic E-state index is 13.6. The van der Waals surface area contributed by atoms with E-state index >= 15 is 0 Å². The number of carbonyl (C=O) groups is 1. The minimum Gasteiger partial charge on any atom is -0.489 e. The molecule has 2 heterocycles. The number of nitrogens with one attached hydrogen (secondary N) is 2. The summed E-state index contributed by atoms with van der Waals surface area (Å²) in [5.41, 5.74) is 1.24. The second-order valence-electron chi connectivity index (χ2n) is 8.57. The van der Waals surface area contributed by atoms with Crippen LogP contribution in [0, 0.1) is 5.82 Å². The summed E-state index contributed by atoms with van der Waals surface area (Å²) in [6, 6.07) is 7.33. The highest BCUT2D eigenvalue weighted by Crippen LogP contribution is 2.34. The van der Waals surface area contributed by atoms with Crippen LogP contribution in [-0.4, -0.2) is 60.2 Å². The van der Waals surface area contributed by atoms with Crippen LogP contribution >= 0.6 is 11.6 Å². The third-order valence-corrected chi connectivity index (χ3v) is 6.13. The number of hydrogen-bond donors (Lipinski definition) is 2. The Labute approximate surface area is 222 Å². The Morgan fingerprint density at radius 1 is 1.13 bits per heavy atom. The molecule has 1 amide bonds. The number of fused-ring (bicyclic) bond motifs is 1. The van der Waals surface area contributed by atoms with Gasteiger partial charge in [0.15, 0.2) is 0 Å².